The second kappa shape index (κ2) is 6.01. The molecule has 0 spiro atoms. The van der Waals surface area contributed by atoms with Crippen molar-refractivity contribution in [3.8, 4) is 11.3 Å². The lowest BCUT2D eigenvalue weighted by Gasteiger charge is -2.08. The minimum Gasteiger partial charge on any atom is -0.382 e. The van der Waals surface area contributed by atoms with E-state index >= 15 is 0 Å². The first-order valence-electron chi connectivity index (χ1n) is 6.63. The number of aromatic nitrogens is 3. The Balaban J connectivity index is 1.91. The number of hydrogen-bond acceptors (Lipinski definition) is 5. The fourth-order valence-corrected chi connectivity index (χ4v) is 1.94. The molecule has 3 N–H and O–H groups in total. The minimum atomic E-state index is -0.421. The first kappa shape index (κ1) is 13.7. The van der Waals surface area contributed by atoms with Crippen LogP contribution in [0.1, 0.15) is 10.5 Å². The number of nitrogens with zero attached hydrogens (tertiary/aromatic N) is 3. The van der Waals surface area contributed by atoms with Crippen molar-refractivity contribution in [1.29, 1.82) is 0 Å². The summed E-state index contributed by atoms with van der Waals surface area (Å²) in [4.78, 5) is 24.6. The molecule has 0 aliphatic rings. The van der Waals surface area contributed by atoms with Gasteiger partial charge in [-0.3, -0.25) is 9.78 Å². The smallest absolute Gasteiger partial charge is 0.278 e. The average Bonchev–Trinajstić information content (AvgIpc) is 2.57. The maximum Gasteiger partial charge on any atom is 0.278 e. The molecule has 0 radical (unpaired) electrons. The van der Waals surface area contributed by atoms with Gasteiger partial charge < -0.3 is 11.1 Å². The van der Waals surface area contributed by atoms with Crippen LogP contribution in [0.5, 0.6) is 0 Å². The number of benzene rings is 1. The van der Waals surface area contributed by atoms with Crippen molar-refractivity contribution >= 4 is 17.4 Å². The molecule has 2 aromatic heterocycles. The molecular formula is C16H13N5O. The van der Waals surface area contributed by atoms with E-state index in [0.717, 1.165) is 5.56 Å². The van der Waals surface area contributed by atoms with Crippen LogP contribution in [0.15, 0.2) is 61.1 Å². The number of carbonyl (C=O) groups excluding carboxylic acids is 1. The van der Waals surface area contributed by atoms with Gasteiger partial charge in [0, 0.05) is 11.8 Å². The first-order chi connectivity index (χ1) is 10.7. The maximum absolute atomic E-state index is 12.3. The van der Waals surface area contributed by atoms with E-state index in [1.807, 2.05) is 30.3 Å². The van der Waals surface area contributed by atoms with Gasteiger partial charge >= 0.3 is 0 Å². The molecule has 0 atom stereocenters. The number of nitrogens with two attached hydrogens (primary N) is 1. The summed E-state index contributed by atoms with van der Waals surface area (Å²) in [6, 6.07) is 12.9. The Labute approximate surface area is 127 Å². The molecule has 0 aliphatic heterocycles. The predicted octanol–water partition coefficient (Wildman–Crippen LogP) is 2.37. The highest BCUT2D eigenvalue weighted by Gasteiger charge is 2.14. The van der Waals surface area contributed by atoms with Crippen molar-refractivity contribution in [3.63, 3.8) is 0 Å². The van der Waals surface area contributed by atoms with Gasteiger partial charge in [0.1, 0.15) is 0 Å². The molecule has 1 aromatic carbocycles. The fraction of sp³-hybridized carbons (Fsp3) is 0. The zero-order valence-corrected chi connectivity index (χ0v) is 11.6. The topological polar surface area (TPSA) is 93.8 Å². The molecule has 3 rings (SSSR count). The van der Waals surface area contributed by atoms with Crippen molar-refractivity contribution in [2.24, 2.45) is 0 Å². The molecule has 6 nitrogen and oxygen atoms in total. The van der Waals surface area contributed by atoms with Crippen molar-refractivity contribution < 1.29 is 4.79 Å². The zero-order valence-electron chi connectivity index (χ0n) is 11.6. The van der Waals surface area contributed by atoms with Crippen LogP contribution in [0.2, 0.25) is 0 Å². The largest absolute Gasteiger partial charge is 0.382 e. The van der Waals surface area contributed by atoms with Crippen LogP contribution in [0.25, 0.3) is 11.3 Å². The Morgan fingerprint density at radius 3 is 2.59 bits per heavy atom. The Hall–Kier alpha value is -3.28. The number of hydrogen-bond donors (Lipinski definition) is 2. The third-order valence-corrected chi connectivity index (χ3v) is 3.00. The molecule has 0 saturated heterocycles. The average molecular weight is 291 g/mol. The van der Waals surface area contributed by atoms with E-state index in [1.54, 1.807) is 30.7 Å². The van der Waals surface area contributed by atoms with Crippen LogP contribution in [-0.2, 0) is 0 Å². The third-order valence-electron chi connectivity index (χ3n) is 3.00. The molecule has 0 fully saturated rings. The summed E-state index contributed by atoms with van der Waals surface area (Å²) < 4.78 is 0. The number of anilines is 2. The Kier molecular flexibility index (Phi) is 3.74. The van der Waals surface area contributed by atoms with Gasteiger partial charge in [-0.05, 0) is 12.1 Å². The molecule has 108 valence electrons. The summed E-state index contributed by atoms with van der Waals surface area (Å²) >= 11 is 0. The quantitative estimate of drug-likeness (QED) is 0.772. The summed E-state index contributed by atoms with van der Waals surface area (Å²) in [5, 5.41) is 2.69. The van der Waals surface area contributed by atoms with E-state index in [4.69, 9.17) is 5.73 Å². The van der Waals surface area contributed by atoms with Crippen LogP contribution in [-0.4, -0.2) is 20.9 Å². The molecule has 0 saturated carbocycles. The lowest BCUT2D eigenvalue weighted by Crippen LogP contribution is -2.17. The van der Waals surface area contributed by atoms with E-state index in [1.165, 1.54) is 0 Å². The molecule has 3 aromatic rings. The second-order valence-electron chi connectivity index (χ2n) is 4.55. The molecule has 2 heterocycles. The zero-order chi connectivity index (χ0) is 15.4. The van der Waals surface area contributed by atoms with E-state index in [0.29, 0.717) is 11.4 Å². The summed E-state index contributed by atoms with van der Waals surface area (Å²) in [6.45, 7) is 0. The normalized spacial score (nSPS) is 10.2. The highest BCUT2D eigenvalue weighted by Crippen LogP contribution is 2.18. The monoisotopic (exact) mass is 291 g/mol. The van der Waals surface area contributed by atoms with Gasteiger partial charge in [-0.25, -0.2) is 9.97 Å². The first-order valence-corrected chi connectivity index (χ1v) is 6.63. The van der Waals surface area contributed by atoms with Gasteiger partial charge in [0.25, 0.3) is 5.91 Å². The Morgan fingerprint density at radius 2 is 1.86 bits per heavy atom. The third kappa shape index (κ3) is 2.90. The summed E-state index contributed by atoms with van der Waals surface area (Å²) in [6.07, 6.45) is 4.72. The molecule has 1 amide bonds. The molecular weight excluding hydrogens is 278 g/mol. The van der Waals surface area contributed by atoms with Crippen LogP contribution in [0.3, 0.4) is 0 Å². The van der Waals surface area contributed by atoms with Crippen LogP contribution in [0.4, 0.5) is 11.5 Å². The van der Waals surface area contributed by atoms with E-state index in [2.05, 4.69) is 20.3 Å². The fourth-order valence-electron chi connectivity index (χ4n) is 1.94. The van der Waals surface area contributed by atoms with Gasteiger partial charge in [0.2, 0.25) is 0 Å². The number of carbonyl (C=O) groups is 1. The molecule has 0 unspecified atom stereocenters. The number of rotatable bonds is 3. The molecule has 6 heteroatoms. The van der Waals surface area contributed by atoms with Crippen molar-refractivity contribution in [3.05, 3.63) is 66.7 Å². The van der Waals surface area contributed by atoms with E-state index in [9.17, 15) is 4.79 Å². The van der Waals surface area contributed by atoms with Gasteiger partial charge in [0.05, 0.1) is 23.8 Å². The predicted molar refractivity (Wildman–Crippen MR) is 84.1 cm³/mol. The SMILES string of the molecule is Nc1ncc(-c2ccccc2)nc1C(=O)Nc1cccnc1. The van der Waals surface area contributed by atoms with Crippen molar-refractivity contribution in [2.75, 3.05) is 11.1 Å². The standard InChI is InChI=1S/C16H13N5O/c17-15-14(16(22)20-12-7-4-8-18-9-12)21-13(10-19-15)11-5-2-1-3-6-11/h1-10H,(H2,17,19)(H,20,22). The number of pyridine rings is 1. The summed E-state index contributed by atoms with van der Waals surface area (Å²) in [5.41, 5.74) is 7.88. The number of amides is 1. The lowest BCUT2D eigenvalue weighted by atomic mass is 10.1. The number of nitrogen functional groups attached to an aromatic ring is 1. The van der Waals surface area contributed by atoms with Gasteiger partial charge in [-0.1, -0.05) is 30.3 Å². The van der Waals surface area contributed by atoms with Gasteiger partial charge in [-0.15, -0.1) is 0 Å². The van der Waals surface area contributed by atoms with Crippen molar-refractivity contribution in [1.82, 2.24) is 15.0 Å². The van der Waals surface area contributed by atoms with E-state index in [-0.39, 0.29) is 11.5 Å². The highest BCUT2D eigenvalue weighted by molar-refractivity contribution is 6.05. The van der Waals surface area contributed by atoms with Crippen LogP contribution in [0, 0.1) is 0 Å². The van der Waals surface area contributed by atoms with Crippen LogP contribution >= 0.6 is 0 Å². The Morgan fingerprint density at radius 1 is 1.05 bits per heavy atom. The van der Waals surface area contributed by atoms with Gasteiger partial charge in [0.15, 0.2) is 11.5 Å². The molecule has 22 heavy (non-hydrogen) atoms. The van der Waals surface area contributed by atoms with E-state index < -0.39 is 5.91 Å². The molecule has 0 aliphatic carbocycles. The number of nitrogens with one attached hydrogen (secondary N) is 1. The second-order valence-corrected chi connectivity index (χ2v) is 4.55. The Bertz CT molecular complexity index is 790. The van der Waals surface area contributed by atoms with Gasteiger partial charge in [-0.2, -0.15) is 0 Å². The van der Waals surface area contributed by atoms with Crippen LogP contribution < -0.4 is 11.1 Å². The lowest BCUT2D eigenvalue weighted by molar-refractivity contribution is 0.102. The maximum atomic E-state index is 12.3. The van der Waals surface area contributed by atoms with Crippen molar-refractivity contribution in [2.45, 2.75) is 0 Å². The summed E-state index contributed by atoms with van der Waals surface area (Å²) in [5.74, 6) is -0.336. The summed E-state index contributed by atoms with van der Waals surface area (Å²) in [7, 11) is 0. The molecule has 0 bridgehead atoms. The minimum absolute atomic E-state index is 0.0843. The highest BCUT2D eigenvalue weighted by atomic mass is 16.1.